The van der Waals surface area contributed by atoms with E-state index in [1.807, 2.05) is 0 Å². The second kappa shape index (κ2) is 9.52. The first-order chi connectivity index (χ1) is 14.7. The number of hydrogen-bond acceptors (Lipinski definition) is 7. The number of oxime groups is 1. The zero-order chi connectivity index (χ0) is 22.5. The monoisotopic (exact) mass is 459 g/mol. The molecule has 12 heteroatoms. The second-order valence-electron chi connectivity index (χ2n) is 6.56. The Bertz CT molecular complexity index is 1020. The molecule has 2 heterocycles. The minimum Gasteiger partial charge on any atom is -0.481 e. The lowest BCUT2D eigenvalue weighted by atomic mass is 10.1. The average molecular weight is 459 g/mol. The van der Waals surface area contributed by atoms with Crippen LogP contribution in [0.3, 0.4) is 0 Å². The minimum atomic E-state index is -4.84. The van der Waals surface area contributed by atoms with E-state index in [1.165, 1.54) is 11.4 Å². The topological polar surface area (TPSA) is 90.3 Å². The number of pyridine rings is 1. The van der Waals surface area contributed by atoms with Crippen LogP contribution in [0, 0.1) is 0 Å². The van der Waals surface area contributed by atoms with Crippen molar-refractivity contribution in [1.29, 1.82) is 0 Å². The van der Waals surface area contributed by atoms with Crippen LogP contribution < -0.4 is 9.47 Å². The highest BCUT2D eigenvalue weighted by Gasteiger charge is 2.32. The Balaban J connectivity index is 1.54. The van der Waals surface area contributed by atoms with Gasteiger partial charge in [0, 0.05) is 38.2 Å². The number of ether oxygens (including phenoxy) is 2. The molecule has 8 nitrogen and oxygen atoms in total. The highest BCUT2D eigenvalue weighted by molar-refractivity contribution is 7.89. The Morgan fingerprint density at radius 2 is 1.81 bits per heavy atom. The van der Waals surface area contributed by atoms with Gasteiger partial charge in [0.15, 0.2) is 0 Å². The van der Waals surface area contributed by atoms with E-state index in [0.29, 0.717) is 18.7 Å². The molecule has 0 N–H and O–H groups in total. The summed E-state index contributed by atoms with van der Waals surface area (Å²) < 4.78 is 72.2. The molecule has 1 aliphatic rings. The Hall–Kier alpha value is -2.86. The second-order valence-corrected chi connectivity index (χ2v) is 8.50. The van der Waals surface area contributed by atoms with Crippen molar-refractivity contribution in [2.45, 2.75) is 30.7 Å². The summed E-state index contributed by atoms with van der Waals surface area (Å²) in [6.07, 6.45) is -2.48. The van der Waals surface area contributed by atoms with E-state index in [0.717, 1.165) is 35.5 Å². The van der Waals surface area contributed by atoms with Gasteiger partial charge in [-0.3, -0.25) is 0 Å². The zero-order valence-electron chi connectivity index (χ0n) is 16.5. The number of hydrogen-bond donors (Lipinski definition) is 0. The van der Waals surface area contributed by atoms with Gasteiger partial charge in [-0.05, 0) is 35.9 Å². The van der Waals surface area contributed by atoms with Gasteiger partial charge in [0.05, 0.1) is 17.7 Å². The molecule has 1 aliphatic heterocycles. The maximum Gasteiger partial charge on any atom is 0.573 e. The predicted molar refractivity (Wildman–Crippen MR) is 104 cm³/mol. The van der Waals surface area contributed by atoms with Crippen LogP contribution in [-0.2, 0) is 21.5 Å². The van der Waals surface area contributed by atoms with E-state index in [4.69, 9.17) is 9.57 Å². The van der Waals surface area contributed by atoms with Crippen molar-refractivity contribution in [3.63, 3.8) is 0 Å². The number of benzene rings is 1. The minimum absolute atomic E-state index is 0.106. The standard InChI is InChI=1S/C19H20F3N3O5S/c1-28-18-12-14(6-9-23-18)13-29-24-15-7-10-25(11-8-15)31(26,27)17-4-2-16(3-5-17)30-19(20,21)22/h2-6,9,12H,7-8,10-11,13H2,1H3. The number of halogens is 3. The third-order valence-corrected chi connectivity index (χ3v) is 6.34. The molecule has 0 radical (unpaired) electrons. The van der Waals surface area contributed by atoms with Gasteiger partial charge in [0.25, 0.3) is 0 Å². The van der Waals surface area contributed by atoms with Crippen molar-refractivity contribution < 1.29 is 35.9 Å². The van der Waals surface area contributed by atoms with Crippen molar-refractivity contribution in [3.8, 4) is 11.6 Å². The van der Waals surface area contributed by atoms with Gasteiger partial charge >= 0.3 is 6.36 Å². The fraction of sp³-hybridized carbons (Fsp3) is 0.368. The van der Waals surface area contributed by atoms with E-state index >= 15 is 0 Å². The van der Waals surface area contributed by atoms with Crippen molar-refractivity contribution in [2.75, 3.05) is 20.2 Å². The molecule has 2 aromatic rings. The van der Waals surface area contributed by atoms with E-state index in [2.05, 4.69) is 14.9 Å². The smallest absolute Gasteiger partial charge is 0.481 e. The maximum absolute atomic E-state index is 12.7. The van der Waals surface area contributed by atoms with Gasteiger partial charge in [-0.1, -0.05) is 5.16 Å². The van der Waals surface area contributed by atoms with Crippen molar-refractivity contribution in [2.24, 2.45) is 5.16 Å². The van der Waals surface area contributed by atoms with E-state index in [9.17, 15) is 21.6 Å². The van der Waals surface area contributed by atoms with Crippen LogP contribution in [0.2, 0.25) is 0 Å². The summed E-state index contributed by atoms with van der Waals surface area (Å²) in [5.41, 5.74) is 1.55. The summed E-state index contributed by atoms with van der Waals surface area (Å²) in [4.78, 5) is 9.24. The van der Waals surface area contributed by atoms with Crippen LogP contribution in [-0.4, -0.2) is 50.0 Å². The molecular weight excluding hydrogens is 439 g/mol. The normalized spacial score (nSPS) is 15.4. The number of methoxy groups -OCH3 is 1. The molecule has 1 saturated heterocycles. The predicted octanol–water partition coefficient (Wildman–Crippen LogP) is 3.35. The third kappa shape index (κ3) is 6.31. The zero-order valence-corrected chi connectivity index (χ0v) is 17.3. The molecular formula is C19H20F3N3O5S. The summed E-state index contributed by atoms with van der Waals surface area (Å²) in [5.74, 6) is -0.0197. The van der Waals surface area contributed by atoms with Gasteiger partial charge in [-0.2, -0.15) is 4.31 Å². The van der Waals surface area contributed by atoms with Gasteiger partial charge in [-0.15, -0.1) is 13.2 Å². The number of piperidine rings is 1. The van der Waals surface area contributed by atoms with Gasteiger partial charge < -0.3 is 14.3 Å². The van der Waals surface area contributed by atoms with E-state index in [-0.39, 0.29) is 24.6 Å². The Labute approximate surface area is 177 Å². The Morgan fingerprint density at radius 3 is 2.42 bits per heavy atom. The Kier molecular flexibility index (Phi) is 7.01. The number of aromatic nitrogens is 1. The molecule has 0 bridgehead atoms. The van der Waals surface area contributed by atoms with Crippen molar-refractivity contribution in [1.82, 2.24) is 9.29 Å². The SMILES string of the molecule is COc1cc(CON=C2CCN(S(=O)(=O)c3ccc(OC(F)(F)F)cc3)CC2)ccn1. The number of nitrogens with zero attached hydrogens (tertiary/aromatic N) is 3. The van der Waals surface area contributed by atoms with Crippen LogP contribution >= 0.6 is 0 Å². The molecule has 1 fully saturated rings. The molecule has 0 amide bonds. The van der Waals surface area contributed by atoms with Crippen molar-refractivity contribution in [3.05, 3.63) is 48.2 Å². The molecule has 168 valence electrons. The maximum atomic E-state index is 12.7. The summed E-state index contributed by atoms with van der Waals surface area (Å²) in [6.45, 7) is 0.597. The van der Waals surface area contributed by atoms with E-state index in [1.54, 1.807) is 18.3 Å². The molecule has 0 unspecified atom stereocenters. The first kappa shape index (κ1) is 22.8. The highest BCUT2D eigenvalue weighted by Crippen LogP contribution is 2.26. The Morgan fingerprint density at radius 1 is 1.13 bits per heavy atom. The van der Waals surface area contributed by atoms with Crippen LogP contribution in [0.4, 0.5) is 13.2 Å². The van der Waals surface area contributed by atoms with Crippen LogP contribution in [0.1, 0.15) is 18.4 Å². The lowest BCUT2D eigenvalue weighted by molar-refractivity contribution is -0.274. The van der Waals surface area contributed by atoms with Crippen LogP contribution in [0.15, 0.2) is 52.6 Å². The fourth-order valence-electron chi connectivity index (χ4n) is 2.89. The molecule has 3 rings (SSSR count). The van der Waals surface area contributed by atoms with E-state index < -0.39 is 22.1 Å². The molecule has 0 atom stereocenters. The lowest BCUT2D eigenvalue weighted by Crippen LogP contribution is -2.38. The third-order valence-electron chi connectivity index (χ3n) is 4.43. The number of sulfonamides is 1. The fourth-order valence-corrected chi connectivity index (χ4v) is 4.33. The summed E-state index contributed by atoms with van der Waals surface area (Å²) in [5, 5.41) is 4.08. The molecule has 31 heavy (non-hydrogen) atoms. The van der Waals surface area contributed by atoms with Gasteiger partial charge in [0.2, 0.25) is 15.9 Å². The molecule has 0 spiro atoms. The summed E-state index contributed by atoms with van der Waals surface area (Å²) >= 11 is 0. The molecule has 0 saturated carbocycles. The van der Waals surface area contributed by atoms with Gasteiger partial charge in [-0.25, -0.2) is 13.4 Å². The largest absolute Gasteiger partial charge is 0.573 e. The number of rotatable bonds is 7. The average Bonchev–Trinajstić information content (AvgIpc) is 2.73. The first-order valence-electron chi connectivity index (χ1n) is 9.20. The van der Waals surface area contributed by atoms with Crippen LogP contribution in [0.5, 0.6) is 11.6 Å². The first-order valence-corrected chi connectivity index (χ1v) is 10.6. The molecule has 0 aliphatic carbocycles. The number of alkyl halides is 3. The highest BCUT2D eigenvalue weighted by atomic mass is 32.2. The van der Waals surface area contributed by atoms with Gasteiger partial charge in [0.1, 0.15) is 12.4 Å². The van der Waals surface area contributed by atoms with Crippen LogP contribution in [0.25, 0.3) is 0 Å². The molecule has 1 aromatic carbocycles. The van der Waals surface area contributed by atoms with Crippen molar-refractivity contribution >= 4 is 15.7 Å². The quantitative estimate of drug-likeness (QED) is 0.590. The molecule has 1 aromatic heterocycles. The summed E-state index contributed by atoms with van der Waals surface area (Å²) in [6, 6.07) is 7.61. The summed E-state index contributed by atoms with van der Waals surface area (Å²) in [7, 11) is -2.32. The lowest BCUT2D eigenvalue weighted by Gasteiger charge is -2.26.